The summed E-state index contributed by atoms with van der Waals surface area (Å²) in [4.78, 5) is 35.2. The summed E-state index contributed by atoms with van der Waals surface area (Å²) in [6, 6.07) is 9.28. The molecule has 1 aromatic rings. The number of para-hydroxylation sites is 1. The average molecular weight is 841 g/mol. The number of carbonyl (C=O) groups is 3. The highest BCUT2D eigenvalue weighted by Gasteiger charge is 2.37. The molecule has 1 aromatic carbocycles. The van der Waals surface area contributed by atoms with Crippen LogP contribution in [0.4, 0.5) is 9.59 Å². The van der Waals surface area contributed by atoms with E-state index in [1.165, 1.54) is 154 Å². The number of benzene rings is 1. The SMILES string of the molecule is C=C(C)C(=O)OCC(COc1ccccc1)OC(=O)NCCCCCCCCCC1C(CCCCCCCCCNC(=O)O)CCC(CCCCC)C1CCCCCCC. The lowest BCUT2D eigenvalue weighted by molar-refractivity contribution is -0.142. The molecule has 0 radical (unpaired) electrons. The number of carbonyl (C=O) groups excluding carboxylic acids is 2. The molecule has 0 saturated heterocycles. The molecule has 0 aliphatic heterocycles. The Labute approximate surface area is 366 Å². The van der Waals surface area contributed by atoms with Crippen molar-refractivity contribution in [1.82, 2.24) is 10.6 Å². The van der Waals surface area contributed by atoms with Crippen LogP contribution in [0.15, 0.2) is 42.5 Å². The minimum Gasteiger partial charge on any atom is -0.490 e. The molecule has 0 bridgehead atoms. The van der Waals surface area contributed by atoms with Gasteiger partial charge in [0.2, 0.25) is 0 Å². The summed E-state index contributed by atoms with van der Waals surface area (Å²) < 4.78 is 16.6. The molecule has 344 valence electrons. The van der Waals surface area contributed by atoms with Gasteiger partial charge in [-0.3, -0.25) is 0 Å². The zero-order valence-corrected chi connectivity index (χ0v) is 38.5. The number of hydrogen-bond acceptors (Lipinski definition) is 6. The van der Waals surface area contributed by atoms with Crippen molar-refractivity contribution in [1.29, 1.82) is 0 Å². The number of esters is 1. The Bertz CT molecular complexity index is 1240. The van der Waals surface area contributed by atoms with Crippen molar-refractivity contribution in [2.45, 2.75) is 207 Å². The third-order valence-electron chi connectivity index (χ3n) is 12.7. The van der Waals surface area contributed by atoms with E-state index in [-0.39, 0.29) is 18.8 Å². The lowest BCUT2D eigenvalue weighted by atomic mass is 9.61. The van der Waals surface area contributed by atoms with E-state index < -0.39 is 24.3 Å². The van der Waals surface area contributed by atoms with Crippen LogP contribution in [0.2, 0.25) is 0 Å². The van der Waals surface area contributed by atoms with Gasteiger partial charge in [0.1, 0.15) is 19.0 Å². The Morgan fingerprint density at radius 2 is 1.08 bits per heavy atom. The minimum absolute atomic E-state index is 0.0704. The smallest absolute Gasteiger partial charge is 0.407 e. The van der Waals surface area contributed by atoms with Crippen LogP contribution in [0.1, 0.15) is 201 Å². The summed E-state index contributed by atoms with van der Waals surface area (Å²) in [5, 5.41) is 14.1. The maximum Gasteiger partial charge on any atom is 0.407 e. The number of ether oxygens (including phenoxy) is 3. The number of rotatable bonds is 37. The summed E-state index contributed by atoms with van der Waals surface area (Å²) in [7, 11) is 0. The van der Waals surface area contributed by atoms with Crippen LogP contribution in [0.5, 0.6) is 5.75 Å². The Morgan fingerprint density at radius 3 is 1.60 bits per heavy atom. The number of amides is 2. The van der Waals surface area contributed by atoms with Gasteiger partial charge in [0, 0.05) is 18.7 Å². The summed E-state index contributed by atoms with van der Waals surface area (Å²) in [6.45, 7) is 10.9. The molecule has 9 heteroatoms. The second-order valence-corrected chi connectivity index (χ2v) is 17.8. The molecule has 1 saturated carbocycles. The zero-order chi connectivity index (χ0) is 43.5. The second-order valence-electron chi connectivity index (χ2n) is 17.8. The first kappa shape index (κ1) is 52.9. The highest BCUT2D eigenvalue weighted by atomic mass is 16.6. The fraction of sp³-hybridized carbons (Fsp3) is 0.784. The fourth-order valence-electron chi connectivity index (χ4n) is 9.31. The van der Waals surface area contributed by atoms with Gasteiger partial charge >= 0.3 is 18.2 Å². The van der Waals surface area contributed by atoms with Crippen molar-refractivity contribution in [3.8, 4) is 5.75 Å². The molecule has 5 atom stereocenters. The van der Waals surface area contributed by atoms with Crippen LogP contribution in [0, 0.1) is 23.7 Å². The Morgan fingerprint density at radius 1 is 0.633 bits per heavy atom. The average Bonchev–Trinajstić information content (AvgIpc) is 3.24. The molecule has 1 aliphatic carbocycles. The lowest BCUT2D eigenvalue weighted by Gasteiger charge is -2.44. The summed E-state index contributed by atoms with van der Waals surface area (Å²) in [6.07, 6.45) is 34.3. The number of unbranched alkanes of at least 4 members (excludes halogenated alkanes) is 18. The van der Waals surface area contributed by atoms with Crippen molar-refractivity contribution in [3.05, 3.63) is 42.5 Å². The van der Waals surface area contributed by atoms with Crippen LogP contribution in [-0.2, 0) is 14.3 Å². The van der Waals surface area contributed by atoms with Crippen molar-refractivity contribution >= 4 is 18.2 Å². The van der Waals surface area contributed by atoms with E-state index in [0.717, 1.165) is 49.4 Å². The Kier molecular flexibility index (Phi) is 31.2. The predicted octanol–water partition coefficient (Wildman–Crippen LogP) is 14.0. The van der Waals surface area contributed by atoms with Gasteiger partial charge in [-0.25, -0.2) is 14.4 Å². The van der Waals surface area contributed by atoms with Gasteiger partial charge in [-0.15, -0.1) is 0 Å². The maximum absolute atomic E-state index is 12.6. The number of nitrogens with one attached hydrogen (secondary N) is 2. The second kappa shape index (κ2) is 35.4. The molecule has 1 aliphatic rings. The highest BCUT2D eigenvalue weighted by molar-refractivity contribution is 5.86. The number of carboxylic acid groups (broad SMARTS) is 1. The standard InChI is InChI=1S/C51H88N2O7/c1-5-7-9-16-26-34-47-43(30-22-8-6-2)36-37-44(31-23-17-12-10-14-19-28-38-52-50(55)56)48(47)35-27-18-13-11-15-20-29-39-53-51(57)60-46(41-59-49(54)42(3)4)40-58-45-32-24-21-25-33-45/h21,24-25,32-33,43-44,46-48,52H,3,5-20,22-23,26-31,34-41H2,1-2,4H3,(H,53,57)(H,55,56). The first-order valence-electron chi connectivity index (χ1n) is 24.7. The molecule has 1 fully saturated rings. The normalized spacial score (nSPS) is 18.1. The molecule has 0 spiro atoms. The van der Waals surface area contributed by atoms with Crippen molar-refractivity contribution < 1.29 is 33.7 Å². The van der Waals surface area contributed by atoms with E-state index in [1.54, 1.807) is 6.92 Å². The van der Waals surface area contributed by atoms with E-state index in [2.05, 4.69) is 31.1 Å². The molecule has 2 rings (SSSR count). The number of alkyl carbamates (subject to hydrolysis) is 1. The number of hydrogen-bond donors (Lipinski definition) is 3. The quantitative estimate of drug-likeness (QED) is 0.0346. The van der Waals surface area contributed by atoms with E-state index in [4.69, 9.17) is 19.3 Å². The van der Waals surface area contributed by atoms with Gasteiger partial charge in [0.05, 0.1) is 0 Å². The summed E-state index contributed by atoms with van der Waals surface area (Å²) >= 11 is 0. The van der Waals surface area contributed by atoms with E-state index in [1.807, 2.05) is 30.3 Å². The fourth-order valence-corrected chi connectivity index (χ4v) is 9.31. The molecular formula is C51H88N2O7. The van der Waals surface area contributed by atoms with Crippen LogP contribution < -0.4 is 15.4 Å². The van der Waals surface area contributed by atoms with Crippen molar-refractivity contribution in [2.75, 3.05) is 26.3 Å². The summed E-state index contributed by atoms with van der Waals surface area (Å²) in [5.74, 6) is 3.76. The molecule has 5 unspecified atom stereocenters. The van der Waals surface area contributed by atoms with Crippen molar-refractivity contribution in [2.24, 2.45) is 23.7 Å². The Hall–Kier alpha value is -3.23. The van der Waals surface area contributed by atoms with Crippen molar-refractivity contribution in [3.63, 3.8) is 0 Å². The lowest BCUT2D eigenvalue weighted by Crippen LogP contribution is -2.36. The van der Waals surface area contributed by atoms with Crippen LogP contribution in [-0.4, -0.2) is 55.7 Å². The van der Waals surface area contributed by atoms with Crippen LogP contribution >= 0.6 is 0 Å². The third kappa shape index (κ3) is 26.2. The van der Waals surface area contributed by atoms with Gasteiger partial charge < -0.3 is 30.0 Å². The third-order valence-corrected chi connectivity index (χ3v) is 12.7. The highest BCUT2D eigenvalue weighted by Crippen LogP contribution is 2.47. The molecule has 9 nitrogen and oxygen atoms in total. The van der Waals surface area contributed by atoms with E-state index >= 15 is 0 Å². The van der Waals surface area contributed by atoms with Gasteiger partial charge in [-0.2, -0.15) is 0 Å². The zero-order valence-electron chi connectivity index (χ0n) is 38.5. The molecule has 3 N–H and O–H groups in total. The Balaban J connectivity index is 1.77. The molecule has 60 heavy (non-hydrogen) atoms. The predicted molar refractivity (Wildman–Crippen MR) is 247 cm³/mol. The topological polar surface area (TPSA) is 123 Å². The van der Waals surface area contributed by atoms with Gasteiger partial charge in [0.15, 0.2) is 6.10 Å². The first-order valence-corrected chi connectivity index (χ1v) is 24.7. The molecule has 2 amide bonds. The molecular weight excluding hydrogens is 753 g/mol. The van der Waals surface area contributed by atoms with Crippen LogP contribution in [0.3, 0.4) is 0 Å². The van der Waals surface area contributed by atoms with Crippen LogP contribution in [0.25, 0.3) is 0 Å². The minimum atomic E-state index is -0.915. The van der Waals surface area contributed by atoms with Gasteiger partial charge in [-0.05, 0) is 81.3 Å². The van der Waals surface area contributed by atoms with Gasteiger partial charge in [-0.1, -0.05) is 180 Å². The van der Waals surface area contributed by atoms with E-state index in [9.17, 15) is 14.4 Å². The maximum atomic E-state index is 12.6. The van der Waals surface area contributed by atoms with Gasteiger partial charge in [0.25, 0.3) is 0 Å². The monoisotopic (exact) mass is 841 g/mol. The molecule has 0 heterocycles. The van der Waals surface area contributed by atoms with E-state index in [0.29, 0.717) is 18.8 Å². The largest absolute Gasteiger partial charge is 0.490 e. The molecule has 0 aromatic heterocycles. The first-order chi connectivity index (χ1) is 29.2. The summed E-state index contributed by atoms with van der Waals surface area (Å²) in [5.41, 5.74) is 0.288.